The number of carbonyl (C=O) groups excluding carboxylic acids is 3. The van der Waals surface area contributed by atoms with Crippen molar-refractivity contribution in [3.05, 3.63) is 47.5 Å². The number of halogens is 1. The first-order valence-corrected chi connectivity index (χ1v) is 13.5. The summed E-state index contributed by atoms with van der Waals surface area (Å²) < 4.78 is 16.7. The molecule has 39 heavy (non-hydrogen) atoms. The normalized spacial score (nSPS) is 19.4. The number of hydrogen-bond acceptors (Lipinski definition) is 5. The standard InChI is InChI=1S/C28H38FN5O5/c1-5-23(35)32-24(28(38)39)17(4)19-11-12-21(20(29)15-19)31-27(37)25(18-9-7-16(3)8-10-18)33-26(36)22-13-14-30-34(22)6-2/h11-18,24-25H,5-10H2,1-4H3,(H,31,37)(H,32,35)(H,33,36)(H,38,39)/t16-,17-,18-,24+,25-/m0/s1. The van der Waals surface area contributed by atoms with Crippen LogP contribution in [-0.4, -0.2) is 50.7 Å². The lowest BCUT2D eigenvalue weighted by Gasteiger charge is -2.32. The molecule has 4 N–H and O–H groups in total. The SMILES string of the molecule is CCC(=O)N[C@@H](C(=O)O)[C@@H](C)c1ccc(NC(=O)[C@@H](NC(=O)c2ccnn2CC)[C@H]2CC[C@H](C)CC2)c(F)c1. The largest absolute Gasteiger partial charge is 0.480 e. The third-order valence-electron chi connectivity index (χ3n) is 7.53. The smallest absolute Gasteiger partial charge is 0.326 e. The third-order valence-corrected chi connectivity index (χ3v) is 7.53. The highest BCUT2D eigenvalue weighted by Gasteiger charge is 2.34. The number of amides is 3. The summed E-state index contributed by atoms with van der Waals surface area (Å²) in [6.45, 7) is 7.70. The van der Waals surface area contributed by atoms with Gasteiger partial charge in [0.25, 0.3) is 5.91 Å². The average Bonchev–Trinajstić information content (AvgIpc) is 3.40. The molecule has 0 radical (unpaired) electrons. The van der Waals surface area contributed by atoms with E-state index in [1.54, 1.807) is 24.6 Å². The van der Waals surface area contributed by atoms with E-state index in [0.717, 1.165) is 31.7 Å². The summed E-state index contributed by atoms with van der Waals surface area (Å²) in [7, 11) is 0. The van der Waals surface area contributed by atoms with Gasteiger partial charge >= 0.3 is 5.97 Å². The van der Waals surface area contributed by atoms with Crippen LogP contribution in [0.2, 0.25) is 0 Å². The van der Waals surface area contributed by atoms with E-state index >= 15 is 4.39 Å². The lowest BCUT2D eigenvalue weighted by Crippen LogP contribution is -2.49. The van der Waals surface area contributed by atoms with Gasteiger partial charge in [0.05, 0.1) is 5.69 Å². The number of aliphatic carboxylic acids is 1. The van der Waals surface area contributed by atoms with Crippen molar-refractivity contribution < 1.29 is 28.7 Å². The van der Waals surface area contributed by atoms with Gasteiger partial charge in [-0.3, -0.25) is 19.1 Å². The van der Waals surface area contributed by atoms with Crippen molar-refractivity contribution in [1.82, 2.24) is 20.4 Å². The van der Waals surface area contributed by atoms with Crippen LogP contribution < -0.4 is 16.0 Å². The van der Waals surface area contributed by atoms with Crippen molar-refractivity contribution in [3.63, 3.8) is 0 Å². The van der Waals surface area contributed by atoms with Crippen LogP contribution in [0.5, 0.6) is 0 Å². The summed E-state index contributed by atoms with van der Waals surface area (Å²) in [5.41, 5.74) is 0.614. The van der Waals surface area contributed by atoms with Crippen molar-refractivity contribution in [2.75, 3.05) is 5.32 Å². The van der Waals surface area contributed by atoms with Crippen LogP contribution in [0.15, 0.2) is 30.5 Å². The van der Waals surface area contributed by atoms with E-state index in [1.165, 1.54) is 18.3 Å². The number of carboxylic acids is 1. The van der Waals surface area contributed by atoms with E-state index < -0.39 is 47.5 Å². The minimum absolute atomic E-state index is 0.0811. The summed E-state index contributed by atoms with van der Waals surface area (Å²) in [6, 6.07) is 3.53. The van der Waals surface area contributed by atoms with E-state index in [-0.39, 0.29) is 18.0 Å². The Labute approximate surface area is 227 Å². The van der Waals surface area contributed by atoms with Crippen molar-refractivity contribution in [3.8, 4) is 0 Å². The molecule has 3 amide bonds. The van der Waals surface area contributed by atoms with Crippen LogP contribution in [-0.2, 0) is 20.9 Å². The number of anilines is 1. The molecular formula is C28H38FN5O5. The third kappa shape index (κ3) is 7.42. The summed E-state index contributed by atoms with van der Waals surface area (Å²) in [4.78, 5) is 50.0. The van der Waals surface area contributed by atoms with Crippen molar-refractivity contribution in [2.24, 2.45) is 11.8 Å². The van der Waals surface area contributed by atoms with E-state index in [0.29, 0.717) is 23.7 Å². The van der Waals surface area contributed by atoms with Crippen LogP contribution >= 0.6 is 0 Å². The molecule has 0 unspecified atom stereocenters. The molecule has 11 heteroatoms. The molecule has 3 atom stereocenters. The minimum Gasteiger partial charge on any atom is -0.480 e. The topological polar surface area (TPSA) is 142 Å². The Morgan fingerprint density at radius 2 is 1.79 bits per heavy atom. The molecule has 1 aliphatic rings. The zero-order valence-corrected chi connectivity index (χ0v) is 22.9. The molecule has 1 fully saturated rings. The van der Waals surface area contributed by atoms with Gasteiger partial charge in [0.15, 0.2) is 0 Å². The predicted molar refractivity (Wildman–Crippen MR) is 144 cm³/mol. The Balaban J connectivity index is 1.79. The maximum Gasteiger partial charge on any atom is 0.326 e. The molecule has 3 rings (SSSR count). The van der Waals surface area contributed by atoms with Crippen LogP contribution in [0.25, 0.3) is 0 Å². The fourth-order valence-electron chi connectivity index (χ4n) is 5.00. The molecule has 0 bridgehead atoms. The van der Waals surface area contributed by atoms with Crippen LogP contribution in [0.3, 0.4) is 0 Å². The highest BCUT2D eigenvalue weighted by atomic mass is 19.1. The molecular weight excluding hydrogens is 505 g/mol. The Bertz CT molecular complexity index is 1190. The molecule has 212 valence electrons. The van der Waals surface area contributed by atoms with Gasteiger partial charge in [-0.05, 0) is 55.4 Å². The van der Waals surface area contributed by atoms with Crippen molar-refractivity contribution >= 4 is 29.4 Å². The molecule has 1 saturated carbocycles. The number of carboxylic acid groups (broad SMARTS) is 1. The Morgan fingerprint density at radius 1 is 1.10 bits per heavy atom. The van der Waals surface area contributed by atoms with Gasteiger partial charge < -0.3 is 21.1 Å². The van der Waals surface area contributed by atoms with Gasteiger partial charge in [-0.25, -0.2) is 9.18 Å². The Hall–Kier alpha value is -3.76. The number of hydrogen-bond donors (Lipinski definition) is 4. The maximum absolute atomic E-state index is 15.2. The number of aromatic nitrogens is 2. The monoisotopic (exact) mass is 543 g/mol. The van der Waals surface area contributed by atoms with Gasteiger partial charge in [0.1, 0.15) is 23.6 Å². The second-order valence-electron chi connectivity index (χ2n) is 10.3. The average molecular weight is 544 g/mol. The summed E-state index contributed by atoms with van der Waals surface area (Å²) in [6.07, 6.45) is 5.01. The molecule has 1 aromatic heterocycles. The lowest BCUT2D eigenvalue weighted by atomic mass is 9.79. The maximum atomic E-state index is 15.2. The Kier molecular flexibility index (Phi) is 10.2. The fourth-order valence-corrected chi connectivity index (χ4v) is 5.00. The molecule has 10 nitrogen and oxygen atoms in total. The van der Waals surface area contributed by atoms with E-state index in [9.17, 15) is 24.3 Å². The summed E-state index contributed by atoms with van der Waals surface area (Å²) in [5, 5.41) is 21.6. The van der Waals surface area contributed by atoms with Gasteiger partial charge in [-0.15, -0.1) is 0 Å². The molecule has 0 spiro atoms. The molecule has 0 saturated heterocycles. The molecule has 1 heterocycles. The van der Waals surface area contributed by atoms with Crippen LogP contribution in [0.4, 0.5) is 10.1 Å². The van der Waals surface area contributed by atoms with Crippen LogP contribution in [0.1, 0.15) is 81.8 Å². The molecule has 0 aliphatic heterocycles. The van der Waals surface area contributed by atoms with Gasteiger partial charge in [-0.1, -0.05) is 39.7 Å². The first-order valence-electron chi connectivity index (χ1n) is 13.5. The number of rotatable bonds is 11. The van der Waals surface area contributed by atoms with E-state index in [4.69, 9.17) is 0 Å². The van der Waals surface area contributed by atoms with Crippen molar-refractivity contribution in [2.45, 2.75) is 84.3 Å². The number of nitrogens with one attached hydrogen (secondary N) is 3. The first kappa shape index (κ1) is 29.8. The van der Waals surface area contributed by atoms with E-state index in [1.807, 2.05) is 6.92 Å². The quantitative estimate of drug-likeness (QED) is 0.341. The predicted octanol–water partition coefficient (Wildman–Crippen LogP) is 3.69. The zero-order valence-electron chi connectivity index (χ0n) is 22.9. The fraction of sp³-hybridized carbons (Fsp3) is 0.536. The minimum atomic E-state index is -1.23. The summed E-state index contributed by atoms with van der Waals surface area (Å²) >= 11 is 0. The first-order chi connectivity index (χ1) is 18.5. The van der Waals surface area contributed by atoms with E-state index in [2.05, 4.69) is 28.0 Å². The Morgan fingerprint density at radius 3 is 2.38 bits per heavy atom. The second-order valence-corrected chi connectivity index (χ2v) is 10.3. The molecule has 2 aromatic rings. The second kappa shape index (κ2) is 13.3. The number of carbonyl (C=O) groups is 4. The number of aryl methyl sites for hydroxylation is 1. The van der Waals surface area contributed by atoms with Gasteiger partial charge in [-0.2, -0.15) is 5.10 Å². The zero-order chi connectivity index (χ0) is 28.7. The highest BCUT2D eigenvalue weighted by molar-refractivity contribution is 6.00. The van der Waals surface area contributed by atoms with Gasteiger partial charge in [0, 0.05) is 25.1 Å². The van der Waals surface area contributed by atoms with Gasteiger partial charge in [0.2, 0.25) is 11.8 Å². The molecule has 1 aliphatic carbocycles. The number of nitrogens with zero attached hydrogens (tertiary/aromatic N) is 2. The van der Waals surface area contributed by atoms with Crippen molar-refractivity contribution in [1.29, 1.82) is 0 Å². The lowest BCUT2D eigenvalue weighted by molar-refractivity contribution is -0.142. The summed E-state index contributed by atoms with van der Waals surface area (Å²) in [5.74, 6) is -3.65. The van der Waals surface area contributed by atoms with Crippen LogP contribution in [0, 0.1) is 17.7 Å². The highest BCUT2D eigenvalue weighted by Crippen LogP contribution is 2.32. The number of benzene rings is 1. The molecule has 1 aromatic carbocycles.